The summed E-state index contributed by atoms with van der Waals surface area (Å²) >= 11 is 0. The lowest BCUT2D eigenvalue weighted by atomic mass is 10.1. The normalized spacial score (nSPS) is 10.5. The van der Waals surface area contributed by atoms with Crippen molar-refractivity contribution in [2.75, 3.05) is 11.9 Å². The summed E-state index contributed by atoms with van der Waals surface area (Å²) in [5.41, 5.74) is 3.49. The van der Waals surface area contributed by atoms with Crippen LogP contribution in [0.4, 0.5) is 11.6 Å². The number of pyridine rings is 1. The van der Waals surface area contributed by atoms with Crippen LogP contribution in [-0.4, -0.2) is 32.2 Å². The molecule has 9 heteroatoms. The molecule has 160 valence electrons. The smallest absolute Gasteiger partial charge is 0.406 e. The average Bonchev–Trinajstić information content (AvgIpc) is 3.22. The van der Waals surface area contributed by atoms with Crippen molar-refractivity contribution in [1.82, 2.24) is 14.8 Å². The Labute approximate surface area is 183 Å². The summed E-state index contributed by atoms with van der Waals surface area (Å²) in [5.74, 6) is -0.572. The second-order valence-electron chi connectivity index (χ2n) is 6.95. The molecule has 9 nitrogen and oxygen atoms in total. The molecule has 1 amide bonds. The Morgan fingerprint density at radius 3 is 2.56 bits per heavy atom. The van der Waals surface area contributed by atoms with Crippen molar-refractivity contribution in [3.05, 3.63) is 94.7 Å². The zero-order chi connectivity index (χ0) is 22.5. The number of nitrogens with one attached hydrogen (secondary N) is 1. The van der Waals surface area contributed by atoms with Crippen molar-refractivity contribution in [2.45, 2.75) is 6.92 Å². The maximum Gasteiger partial charge on any atom is 0.406 e. The first-order chi connectivity index (χ1) is 15.5. The van der Waals surface area contributed by atoms with Crippen molar-refractivity contribution < 1.29 is 14.5 Å². The summed E-state index contributed by atoms with van der Waals surface area (Å²) in [4.78, 5) is 26.6. The van der Waals surface area contributed by atoms with E-state index in [9.17, 15) is 14.9 Å². The standard InChI is InChI=1S/C23H19N5O4/c1-16-9-11-17(12-10-16)19-14-21(27(26-19)18-6-3-2-4-7-18)25-22(29)15-32-20-8-5-13-24-23(20)28(30)31/h2-14H,15H2,1H3,(H,25,29). The molecule has 32 heavy (non-hydrogen) atoms. The van der Waals surface area contributed by atoms with Gasteiger partial charge in [-0.05, 0) is 41.1 Å². The van der Waals surface area contributed by atoms with Crippen molar-refractivity contribution in [2.24, 2.45) is 0 Å². The van der Waals surface area contributed by atoms with Crippen LogP contribution in [-0.2, 0) is 4.79 Å². The van der Waals surface area contributed by atoms with E-state index in [-0.39, 0.29) is 5.75 Å². The number of amides is 1. The van der Waals surface area contributed by atoms with Gasteiger partial charge in [-0.15, -0.1) is 0 Å². The number of carbonyl (C=O) groups is 1. The van der Waals surface area contributed by atoms with E-state index >= 15 is 0 Å². The summed E-state index contributed by atoms with van der Waals surface area (Å²) in [5, 5.41) is 18.5. The number of rotatable bonds is 7. The van der Waals surface area contributed by atoms with Gasteiger partial charge < -0.3 is 20.2 Å². The van der Waals surface area contributed by atoms with Gasteiger partial charge in [0.1, 0.15) is 12.0 Å². The first-order valence-electron chi connectivity index (χ1n) is 9.76. The molecule has 4 aromatic rings. The number of anilines is 1. The van der Waals surface area contributed by atoms with Crippen LogP contribution in [0.1, 0.15) is 5.56 Å². The maximum absolute atomic E-state index is 12.6. The molecular formula is C23H19N5O4. The highest BCUT2D eigenvalue weighted by Crippen LogP contribution is 2.26. The summed E-state index contributed by atoms with van der Waals surface area (Å²) in [7, 11) is 0. The van der Waals surface area contributed by atoms with Crippen molar-refractivity contribution in [1.29, 1.82) is 0 Å². The fourth-order valence-electron chi connectivity index (χ4n) is 3.06. The Morgan fingerprint density at radius 2 is 1.84 bits per heavy atom. The molecule has 0 fully saturated rings. The van der Waals surface area contributed by atoms with Gasteiger partial charge in [0.25, 0.3) is 5.91 Å². The van der Waals surface area contributed by atoms with Gasteiger partial charge in [0.15, 0.2) is 6.61 Å². The Bertz CT molecular complexity index is 1250. The molecule has 0 spiro atoms. The van der Waals surface area contributed by atoms with Crippen LogP contribution in [0.25, 0.3) is 16.9 Å². The number of carbonyl (C=O) groups excluding carboxylic acids is 1. The molecule has 0 aliphatic rings. The van der Waals surface area contributed by atoms with Crippen LogP contribution in [0, 0.1) is 17.0 Å². The van der Waals surface area contributed by atoms with Crippen molar-refractivity contribution >= 4 is 17.5 Å². The zero-order valence-electron chi connectivity index (χ0n) is 17.1. The van der Waals surface area contributed by atoms with E-state index in [2.05, 4.69) is 15.4 Å². The number of hydrogen-bond acceptors (Lipinski definition) is 6. The molecule has 0 bridgehead atoms. The highest BCUT2D eigenvalue weighted by atomic mass is 16.6. The number of nitrogens with zero attached hydrogens (tertiary/aromatic N) is 4. The molecule has 2 aromatic carbocycles. The molecular weight excluding hydrogens is 410 g/mol. The van der Waals surface area contributed by atoms with Gasteiger partial charge in [-0.25, -0.2) is 4.68 Å². The minimum atomic E-state index is -0.661. The summed E-state index contributed by atoms with van der Waals surface area (Å²) in [6.45, 7) is 1.58. The lowest BCUT2D eigenvalue weighted by Gasteiger charge is -2.09. The van der Waals surface area contributed by atoms with Gasteiger partial charge >= 0.3 is 5.82 Å². The second-order valence-corrected chi connectivity index (χ2v) is 6.95. The van der Waals surface area contributed by atoms with E-state index in [1.54, 1.807) is 10.7 Å². The van der Waals surface area contributed by atoms with Crippen molar-refractivity contribution in [3.63, 3.8) is 0 Å². The Balaban J connectivity index is 1.57. The number of aryl methyl sites for hydroxylation is 1. The van der Waals surface area contributed by atoms with E-state index < -0.39 is 23.3 Å². The molecule has 0 aliphatic carbocycles. The molecule has 0 saturated carbocycles. The molecule has 0 radical (unpaired) electrons. The first-order valence-corrected chi connectivity index (χ1v) is 9.76. The number of aromatic nitrogens is 3. The van der Waals surface area contributed by atoms with E-state index in [1.165, 1.54) is 18.3 Å². The van der Waals surface area contributed by atoms with Crippen LogP contribution in [0.2, 0.25) is 0 Å². The minimum absolute atomic E-state index is 0.0791. The third kappa shape index (κ3) is 4.62. The quantitative estimate of drug-likeness (QED) is 0.349. The third-order valence-electron chi connectivity index (χ3n) is 4.61. The van der Waals surface area contributed by atoms with E-state index in [1.807, 2.05) is 61.5 Å². The molecule has 4 rings (SSSR count). The minimum Gasteiger partial charge on any atom is -0.476 e. The molecule has 2 heterocycles. The molecule has 0 atom stereocenters. The second kappa shape index (κ2) is 9.09. The maximum atomic E-state index is 12.6. The number of ether oxygens (including phenoxy) is 1. The molecule has 0 saturated heterocycles. The number of benzene rings is 2. The van der Waals surface area contributed by atoms with Gasteiger partial charge in [0, 0.05) is 11.6 Å². The molecule has 0 unspecified atom stereocenters. The fraction of sp³-hybridized carbons (Fsp3) is 0.0870. The van der Waals surface area contributed by atoms with Crippen LogP contribution in [0.5, 0.6) is 5.75 Å². The monoisotopic (exact) mass is 429 g/mol. The number of para-hydroxylation sites is 1. The summed E-state index contributed by atoms with van der Waals surface area (Å²) in [6, 6.07) is 21.9. The van der Waals surface area contributed by atoms with E-state index in [0.717, 1.165) is 16.8 Å². The molecule has 0 aliphatic heterocycles. The van der Waals surface area contributed by atoms with Crippen LogP contribution >= 0.6 is 0 Å². The lowest BCUT2D eigenvalue weighted by Crippen LogP contribution is -2.22. The predicted molar refractivity (Wildman–Crippen MR) is 119 cm³/mol. The highest BCUT2D eigenvalue weighted by Gasteiger charge is 2.18. The Morgan fingerprint density at radius 1 is 1.09 bits per heavy atom. The fourth-order valence-corrected chi connectivity index (χ4v) is 3.06. The van der Waals surface area contributed by atoms with E-state index in [4.69, 9.17) is 4.74 Å². The molecule has 2 aromatic heterocycles. The topological polar surface area (TPSA) is 112 Å². The first kappa shape index (κ1) is 20.7. The summed E-state index contributed by atoms with van der Waals surface area (Å²) in [6.07, 6.45) is 1.29. The summed E-state index contributed by atoms with van der Waals surface area (Å²) < 4.78 is 6.96. The highest BCUT2D eigenvalue weighted by molar-refractivity contribution is 5.92. The van der Waals surface area contributed by atoms with Crippen LogP contribution in [0.15, 0.2) is 79.0 Å². The Hall–Kier alpha value is -4.53. The predicted octanol–water partition coefficient (Wildman–Crippen LogP) is 4.17. The Kier molecular flexibility index (Phi) is 5.89. The largest absolute Gasteiger partial charge is 0.476 e. The zero-order valence-corrected chi connectivity index (χ0v) is 17.1. The van der Waals surface area contributed by atoms with Gasteiger partial charge in [-0.2, -0.15) is 5.10 Å². The number of hydrogen-bond donors (Lipinski definition) is 1. The van der Waals surface area contributed by atoms with Crippen LogP contribution < -0.4 is 10.1 Å². The van der Waals surface area contributed by atoms with Gasteiger partial charge in [0.05, 0.1) is 11.4 Å². The number of nitro groups is 1. The SMILES string of the molecule is Cc1ccc(-c2cc(NC(=O)COc3cccnc3[N+](=O)[O-])n(-c3ccccc3)n2)cc1. The lowest BCUT2D eigenvalue weighted by molar-refractivity contribution is -0.390. The molecule has 1 N–H and O–H groups in total. The average molecular weight is 429 g/mol. The van der Waals surface area contributed by atoms with Gasteiger partial charge in [0.2, 0.25) is 5.75 Å². The van der Waals surface area contributed by atoms with Crippen LogP contribution in [0.3, 0.4) is 0 Å². The third-order valence-corrected chi connectivity index (χ3v) is 4.61. The van der Waals surface area contributed by atoms with Crippen molar-refractivity contribution in [3.8, 4) is 22.7 Å². The van der Waals surface area contributed by atoms with Gasteiger partial charge in [-0.3, -0.25) is 4.79 Å². The van der Waals surface area contributed by atoms with Gasteiger partial charge in [-0.1, -0.05) is 48.0 Å². The van der Waals surface area contributed by atoms with E-state index in [0.29, 0.717) is 11.5 Å².